The van der Waals surface area contributed by atoms with Crippen LogP contribution in [0.2, 0.25) is 0 Å². The third kappa shape index (κ3) is 20.0. The van der Waals surface area contributed by atoms with Gasteiger partial charge < -0.3 is 0 Å². The molecule has 0 aliphatic heterocycles. The van der Waals surface area contributed by atoms with E-state index < -0.39 is 0 Å². The van der Waals surface area contributed by atoms with Crippen molar-refractivity contribution in [1.29, 1.82) is 0 Å². The van der Waals surface area contributed by atoms with Gasteiger partial charge in [0.05, 0.1) is 0 Å². The van der Waals surface area contributed by atoms with E-state index in [9.17, 15) is 0 Å². The first-order valence-electron chi connectivity index (χ1n) is 6.70. The predicted molar refractivity (Wildman–Crippen MR) is 75.4 cm³/mol. The van der Waals surface area contributed by atoms with Crippen LogP contribution in [0, 0.1) is 11.8 Å². The van der Waals surface area contributed by atoms with Crippen LogP contribution in [-0.2, 0) is 0 Å². The highest BCUT2D eigenvalue weighted by Gasteiger charge is 2.08. The summed E-state index contributed by atoms with van der Waals surface area (Å²) >= 11 is 0. The molecule has 0 amide bonds. The van der Waals surface area contributed by atoms with Crippen molar-refractivity contribution < 1.29 is 0 Å². The van der Waals surface area contributed by atoms with Crippen LogP contribution in [0.25, 0.3) is 0 Å². The highest BCUT2D eigenvalue weighted by atomic mass is 14.1. The number of rotatable bonds is 5. The molecule has 0 N–H and O–H groups in total. The number of hydrogen-bond donors (Lipinski definition) is 0. The Hall–Kier alpha value is -0.260. The average Bonchev–Trinajstić information content (AvgIpc) is 2.23. The maximum Gasteiger partial charge on any atom is -0.0394 e. The van der Waals surface area contributed by atoms with E-state index in [-0.39, 0.29) is 0 Å². The van der Waals surface area contributed by atoms with Crippen LogP contribution < -0.4 is 0 Å². The summed E-state index contributed by atoms with van der Waals surface area (Å²) in [5.41, 5.74) is 0. The molecule has 0 heterocycles. The Morgan fingerprint density at radius 2 is 1.53 bits per heavy atom. The lowest BCUT2D eigenvalue weighted by molar-refractivity contribution is 0.339. The molecule has 94 valence electrons. The molecule has 0 spiro atoms. The Morgan fingerprint density at radius 1 is 1.13 bits per heavy atom. The molecule has 0 heteroatoms. The molecule has 0 aromatic heterocycles. The van der Waals surface area contributed by atoms with Gasteiger partial charge in [-0.15, -0.1) is 6.58 Å². The van der Waals surface area contributed by atoms with Gasteiger partial charge in [0.25, 0.3) is 0 Å². The largest absolute Gasteiger partial charge is 0.103 e. The summed E-state index contributed by atoms with van der Waals surface area (Å²) in [5, 5.41) is 0. The molecular formula is C15H34. The second-order valence-electron chi connectivity index (χ2n) is 3.96. The third-order valence-corrected chi connectivity index (χ3v) is 2.40. The maximum atomic E-state index is 3.36. The molecule has 0 saturated carbocycles. The summed E-state index contributed by atoms with van der Waals surface area (Å²) in [6, 6.07) is 0. The van der Waals surface area contributed by atoms with Gasteiger partial charge in [0.1, 0.15) is 0 Å². The predicted octanol–water partition coefficient (Wildman–Crippen LogP) is 6.08. The molecule has 0 rings (SSSR count). The third-order valence-electron chi connectivity index (χ3n) is 2.40. The first-order chi connectivity index (χ1) is 7.13. The van der Waals surface area contributed by atoms with Crippen molar-refractivity contribution >= 4 is 0 Å². The molecule has 0 aliphatic rings. The molecule has 15 heavy (non-hydrogen) atoms. The molecule has 1 atom stereocenters. The minimum absolute atomic E-state index is 0.886. The van der Waals surface area contributed by atoms with Crippen LogP contribution in [0.15, 0.2) is 12.7 Å². The van der Waals surface area contributed by atoms with Gasteiger partial charge >= 0.3 is 0 Å². The van der Waals surface area contributed by atoms with Crippen molar-refractivity contribution in [1.82, 2.24) is 0 Å². The number of hydrogen-bond acceptors (Lipinski definition) is 0. The quantitative estimate of drug-likeness (QED) is 0.487. The van der Waals surface area contributed by atoms with Crippen LogP contribution in [0.1, 0.15) is 74.1 Å². The number of allylic oxidation sites excluding steroid dienone is 1. The normalized spacial score (nSPS) is 10.7. The van der Waals surface area contributed by atoms with E-state index in [1.54, 1.807) is 6.08 Å². The van der Waals surface area contributed by atoms with Crippen molar-refractivity contribution in [2.45, 2.75) is 74.1 Å². The molecule has 0 saturated heterocycles. The summed E-state index contributed by atoms with van der Waals surface area (Å²) in [7, 11) is 0. The summed E-state index contributed by atoms with van der Waals surface area (Å²) in [6.07, 6.45) is 7.31. The summed E-state index contributed by atoms with van der Waals surface area (Å²) in [4.78, 5) is 0. The fraction of sp³-hybridized carbons (Fsp3) is 0.867. The fourth-order valence-corrected chi connectivity index (χ4v) is 1.48. The zero-order valence-electron chi connectivity index (χ0n) is 12.3. The van der Waals surface area contributed by atoms with Crippen molar-refractivity contribution in [2.75, 3.05) is 0 Å². The SMILES string of the molecule is C=CC.CC.CCCCC(CC)C(C)C. The molecule has 1 unspecified atom stereocenters. The Bertz CT molecular complexity index is 92.2. The lowest BCUT2D eigenvalue weighted by atomic mass is 9.89. The van der Waals surface area contributed by atoms with Gasteiger partial charge in [-0.2, -0.15) is 0 Å². The molecule has 0 aromatic carbocycles. The van der Waals surface area contributed by atoms with E-state index in [4.69, 9.17) is 0 Å². The number of unbranched alkanes of at least 4 members (excludes halogenated alkanes) is 1. The summed E-state index contributed by atoms with van der Waals surface area (Å²) in [5.74, 6) is 1.86. The van der Waals surface area contributed by atoms with Gasteiger partial charge in [-0.3, -0.25) is 0 Å². The van der Waals surface area contributed by atoms with E-state index in [0.717, 1.165) is 11.8 Å². The molecule has 0 fully saturated rings. The molecule has 0 nitrogen and oxygen atoms in total. The van der Waals surface area contributed by atoms with Gasteiger partial charge in [-0.1, -0.05) is 73.3 Å². The zero-order valence-corrected chi connectivity index (χ0v) is 12.3. The monoisotopic (exact) mass is 214 g/mol. The van der Waals surface area contributed by atoms with Crippen LogP contribution in [0.3, 0.4) is 0 Å². The second-order valence-corrected chi connectivity index (χ2v) is 3.96. The van der Waals surface area contributed by atoms with Gasteiger partial charge in [0.2, 0.25) is 0 Å². The zero-order chi connectivity index (χ0) is 12.7. The van der Waals surface area contributed by atoms with Crippen LogP contribution in [0.4, 0.5) is 0 Å². The first kappa shape index (κ1) is 20.2. The lowest BCUT2D eigenvalue weighted by Gasteiger charge is -2.17. The molecule has 0 aliphatic carbocycles. The topological polar surface area (TPSA) is 0 Å². The molecule has 0 aromatic rings. The summed E-state index contributed by atoms with van der Waals surface area (Å²) < 4.78 is 0. The minimum atomic E-state index is 0.886. The van der Waals surface area contributed by atoms with Crippen LogP contribution in [-0.4, -0.2) is 0 Å². The van der Waals surface area contributed by atoms with E-state index in [0.29, 0.717) is 0 Å². The van der Waals surface area contributed by atoms with Gasteiger partial charge in [0.15, 0.2) is 0 Å². The summed E-state index contributed by atoms with van der Waals surface area (Å²) in [6.45, 7) is 18.5. The van der Waals surface area contributed by atoms with Crippen molar-refractivity contribution in [3.8, 4) is 0 Å². The van der Waals surface area contributed by atoms with Crippen LogP contribution in [0.5, 0.6) is 0 Å². The van der Waals surface area contributed by atoms with Crippen molar-refractivity contribution in [3.05, 3.63) is 12.7 Å². The minimum Gasteiger partial charge on any atom is -0.103 e. The van der Waals surface area contributed by atoms with Crippen LogP contribution >= 0.6 is 0 Å². The Balaban J connectivity index is -0.000000245. The highest BCUT2D eigenvalue weighted by Crippen LogP contribution is 2.20. The maximum absolute atomic E-state index is 3.36. The van der Waals surface area contributed by atoms with Gasteiger partial charge in [-0.25, -0.2) is 0 Å². The second kappa shape index (κ2) is 19.3. The fourth-order valence-electron chi connectivity index (χ4n) is 1.48. The van der Waals surface area contributed by atoms with Gasteiger partial charge in [0, 0.05) is 0 Å². The molecular weight excluding hydrogens is 180 g/mol. The highest BCUT2D eigenvalue weighted by molar-refractivity contribution is 4.60. The lowest BCUT2D eigenvalue weighted by Crippen LogP contribution is -2.06. The molecule has 0 bridgehead atoms. The Kier molecular flexibility index (Phi) is 26.0. The van der Waals surface area contributed by atoms with Crippen molar-refractivity contribution in [3.63, 3.8) is 0 Å². The van der Waals surface area contributed by atoms with E-state index in [1.807, 2.05) is 20.8 Å². The van der Waals surface area contributed by atoms with Gasteiger partial charge in [-0.05, 0) is 18.8 Å². The average molecular weight is 214 g/mol. The standard InChI is InChI=1S/C10H22.C3H6.C2H6/c1-5-7-8-10(6-2)9(3)4;1-3-2;1-2/h9-10H,5-8H2,1-4H3;3H,1H2,2H3;1-2H3. The smallest absolute Gasteiger partial charge is 0.0394 e. The Morgan fingerprint density at radius 3 is 1.73 bits per heavy atom. The Labute approximate surface area is 99.2 Å². The van der Waals surface area contributed by atoms with E-state index in [1.165, 1.54) is 25.7 Å². The molecule has 0 radical (unpaired) electrons. The van der Waals surface area contributed by atoms with Crippen molar-refractivity contribution in [2.24, 2.45) is 11.8 Å². The first-order valence-corrected chi connectivity index (χ1v) is 6.70. The van der Waals surface area contributed by atoms with E-state index >= 15 is 0 Å². The van der Waals surface area contributed by atoms with E-state index in [2.05, 4.69) is 34.3 Å².